The summed E-state index contributed by atoms with van der Waals surface area (Å²) >= 11 is 2.79. The minimum absolute atomic E-state index is 0.0378. The van der Waals surface area contributed by atoms with Crippen molar-refractivity contribution >= 4 is 34.9 Å². The number of nitrogens with zero attached hydrogens (tertiary/aromatic N) is 5. The van der Waals surface area contributed by atoms with E-state index in [0.29, 0.717) is 42.9 Å². The quantitative estimate of drug-likeness (QED) is 0.592. The standard InChI is InChI=1S/C18H19N5O3S2/c1-21-16(13-4-2-10-26-13)19-20-18(21)28-12-15(24)22-6-8-23(9-7-22)17(25)14-5-3-11-27-14/h2-5,10-11H,6-9,12H2,1H3. The van der Waals surface area contributed by atoms with Crippen molar-refractivity contribution in [2.45, 2.75) is 5.16 Å². The van der Waals surface area contributed by atoms with Crippen LogP contribution >= 0.6 is 23.1 Å². The van der Waals surface area contributed by atoms with E-state index in [2.05, 4.69) is 10.2 Å². The van der Waals surface area contributed by atoms with E-state index < -0.39 is 0 Å². The van der Waals surface area contributed by atoms with Gasteiger partial charge < -0.3 is 18.8 Å². The monoisotopic (exact) mass is 417 g/mol. The van der Waals surface area contributed by atoms with Crippen molar-refractivity contribution in [2.75, 3.05) is 31.9 Å². The molecule has 0 spiro atoms. The first-order chi connectivity index (χ1) is 13.6. The fourth-order valence-electron chi connectivity index (χ4n) is 2.99. The molecule has 0 atom stereocenters. The molecule has 0 aliphatic carbocycles. The number of hydrogen-bond donors (Lipinski definition) is 0. The van der Waals surface area contributed by atoms with E-state index in [1.165, 1.54) is 23.1 Å². The molecule has 0 saturated carbocycles. The number of furan rings is 1. The molecule has 0 radical (unpaired) electrons. The molecule has 1 aliphatic heterocycles. The summed E-state index contributed by atoms with van der Waals surface area (Å²) in [7, 11) is 1.85. The Kier molecular flexibility index (Phi) is 5.49. The molecule has 146 valence electrons. The Bertz CT molecular complexity index is 944. The number of carbonyl (C=O) groups is 2. The fraction of sp³-hybridized carbons (Fsp3) is 0.333. The molecule has 3 aromatic heterocycles. The van der Waals surface area contributed by atoms with Crippen molar-refractivity contribution < 1.29 is 14.0 Å². The van der Waals surface area contributed by atoms with Crippen molar-refractivity contribution in [3.8, 4) is 11.6 Å². The molecule has 0 N–H and O–H groups in total. The second-order valence-corrected chi connectivity index (χ2v) is 8.17. The van der Waals surface area contributed by atoms with Crippen molar-refractivity contribution in [1.82, 2.24) is 24.6 Å². The van der Waals surface area contributed by atoms with Gasteiger partial charge in [-0.25, -0.2) is 0 Å². The normalized spacial score (nSPS) is 14.5. The van der Waals surface area contributed by atoms with Gasteiger partial charge in [0.1, 0.15) is 0 Å². The predicted octanol–water partition coefficient (Wildman–Crippen LogP) is 2.21. The first-order valence-electron chi connectivity index (χ1n) is 8.80. The zero-order chi connectivity index (χ0) is 19.5. The topological polar surface area (TPSA) is 84.5 Å². The summed E-state index contributed by atoms with van der Waals surface area (Å²) in [5.74, 6) is 1.63. The summed E-state index contributed by atoms with van der Waals surface area (Å²) < 4.78 is 7.17. The van der Waals surface area contributed by atoms with Gasteiger partial charge in [-0.15, -0.1) is 21.5 Å². The van der Waals surface area contributed by atoms with E-state index in [0.717, 1.165) is 4.88 Å². The maximum atomic E-state index is 12.6. The maximum absolute atomic E-state index is 12.6. The van der Waals surface area contributed by atoms with Crippen LogP contribution in [0.15, 0.2) is 45.5 Å². The first kappa shape index (κ1) is 18.8. The van der Waals surface area contributed by atoms with Crippen LogP contribution in [0.4, 0.5) is 0 Å². The predicted molar refractivity (Wildman–Crippen MR) is 106 cm³/mol. The van der Waals surface area contributed by atoms with Crippen LogP contribution < -0.4 is 0 Å². The second kappa shape index (κ2) is 8.19. The van der Waals surface area contributed by atoms with Crippen LogP contribution in [-0.2, 0) is 11.8 Å². The average molecular weight is 418 g/mol. The average Bonchev–Trinajstić information content (AvgIpc) is 3.48. The van der Waals surface area contributed by atoms with Gasteiger partial charge in [-0.2, -0.15) is 0 Å². The highest BCUT2D eigenvalue weighted by molar-refractivity contribution is 7.99. The van der Waals surface area contributed by atoms with Crippen LogP contribution in [0.25, 0.3) is 11.6 Å². The highest BCUT2D eigenvalue weighted by Gasteiger charge is 2.25. The van der Waals surface area contributed by atoms with Crippen LogP contribution in [-0.4, -0.2) is 68.3 Å². The molecule has 4 rings (SSSR count). The lowest BCUT2D eigenvalue weighted by Gasteiger charge is -2.34. The van der Waals surface area contributed by atoms with Crippen LogP contribution in [0.3, 0.4) is 0 Å². The van der Waals surface area contributed by atoms with Crippen molar-refractivity contribution in [1.29, 1.82) is 0 Å². The van der Waals surface area contributed by atoms with Gasteiger partial charge in [-0.05, 0) is 23.6 Å². The fourth-order valence-corrected chi connectivity index (χ4v) is 4.50. The Morgan fingerprint density at radius 3 is 2.61 bits per heavy atom. The van der Waals surface area contributed by atoms with Gasteiger partial charge in [-0.1, -0.05) is 17.8 Å². The molecule has 8 nitrogen and oxygen atoms in total. The Balaban J connectivity index is 1.29. The molecule has 1 fully saturated rings. The van der Waals surface area contributed by atoms with E-state index in [1.807, 2.05) is 35.2 Å². The SMILES string of the molecule is Cn1c(SCC(=O)N2CCN(C(=O)c3cccs3)CC2)nnc1-c1ccco1. The maximum Gasteiger partial charge on any atom is 0.264 e. The van der Waals surface area contributed by atoms with Crippen LogP contribution in [0.5, 0.6) is 0 Å². The number of hydrogen-bond acceptors (Lipinski definition) is 7. The summed E-state index contributed by atoms with van der Waals surface area (Å²) in [6, 6.07) is 7.32. The number of piperazine rings is 1. The summed E-state index contributed by atoms with van der Waals surface area (Å²) in [4.78, 5) is 29.3. The van der Waals surface area contributed by atoms with Crippen molar-refractivity contribution in [3.05, 3.63) is 40.8 Å². The zero-order valence-electron chi connectivity index (χ0n) is 15.3. The first-order valence-corrected chi connectivity index (χ1v) is 10.7. The Labute approximate surface area is 170 Å². The van der Waals surface area contributed by atoms with Gasteiger partial charge in [0.2, 0.25) is 5.91 Å². The van der Waals surface area contributed by atoms with Crippen LogP contribution in [0.2, 0.25) is 0 Å². The van der Waals surface area contributed by atoms with Gasteiger partial charge in [0.05, 0.1) is 16.9 Å². The third-order valence-electron chi connectivity index (χ3n) is 4.55. The minimum atomic E-state index is 0.0378. The number of rotatable bonds is 5. The number of carbonyl (C=O) groups excluding carboxylic acids is 2. The third-order valence-corrected chi connectivity index (χ3v) is 6.42. The summed E-state index contributed by atoms with van der Waals surface area (Å²) in [6.45, 7) is 2.21. The lowest BCUT2D eigenvalue weighted by atomic mass is 10.3. The molecule has 0 bridgehead atoms. The van der Waals surface area contributed by atoms with Gasteiger partial charge in [0.25, 0.3) is 5.91 Å². The Hall–Kier alpha value is -2.59. The summed E-state index contributed by atoms with van der Waals surface area (Å²) in [5, 5.41) is 10.8. The molecule has 4 heterocycles. The molecule has 2 amide bonds. The lowest BCUT2D eigenvalue weighted by molar-refractivity contribution is -0.129. The molecule has 0 unspecified atom stereocenters. The largest absolute Gasteiger partial charge is 0.461 e. The molecule has 28 heavy (non-hydrogen) atoms. The smallest absolute Gasteiger partial charge is 0.264 e. The third kappa shape index (κ3) is 3.83. The number of thioether (sulfide) groups is 1. The van der Waals surface area contributed by atoms with E-state index in [-0.39, 0.29) is 17.6 Å². The van der Waals surface area contributed by atoms with Gasteiger partial charge in [0, 0.05) is 33.2 Å². The van der Waals surface area contributed by atoms with E-state index in [9.17, 15) is 9.59 Å². The molecular weight excluding hydrogens is 398 g/mol. The van der Waals surface area contributed by atoms with E-state index >= 15 is 0 Å². The molecule has 10 heteroatoms. The molecule has 3 aromatic rings. The van der Waals surface area contributed by atoms with Crippen LogP contribution in [0.1, 0.15) is 9.67 Å². The highest BCUT2D eigenvalue weighted by Crippen LogP contribution is 2.23. The van der Waals surface area contributed by atoms with Gasteiger partial charge >= 0.3 is 0 Å². The number of amides is 2. The lowest BCUT2D eigenvalue weighted by Crippen LogP contribution is -2.51. The Morgan fingerprint density at radius 2 is 1.93 bits per heavy atom. The zero-order valence-corrected chi connectivity index (χ0v) is 16.9. The van der Waals surface area contributed by atoms with E-state index in [1.54, 1.807) is 22.1 Å². The molecule has 1 aliphatic rings. The van der Waals surface area contributed by atoms with Crippen LogP contribution in [0, 0.1) is 0 Å². The minimum Gasteiger partial charge on any atom is -0.461 e. The molecular formula is C18H19N5O3S2. The van der Waals surface area contributed by atoms with E-state index in [4.69, 9.17) is 4.42 Å². The van der Waals surface area contributed by atoms with Crippen molar-refractivity contribution in [2.24, 2.45) is 7.05 Å². The van der Waals surface area contributed by atoms with Gasteiger partial charge in [0.15, 0.2) is 16.7 Å². The van der Waals surface area contributed by atoms with Crippen molar-refractivity contribution in [3.63, 3.8) is 0 Å². The Morgan fingerprint density at radius 1 is 1.14 bits per heavy atom. The second-order valence-electron chi connectivity index (χ2n) is 6.28. The summed E-state index contributed by atoms with van der Waals surface area (Å²) in [6.07, 6.45) is 1.59. The molecule has 1 saturated heterocycles. The highest BCUT2D eigenvalue weighted by atomic mass is 32.2. The summed E-state index contributed by atoms with van der Waals surface area (Å²) in [5.41, 5.74) is 0. The molecule has 0 aromatic carbocycles. The number of aromatic nitrogens is 3. The van der Waals surface area contributed by atoms with Gasteiger partial charge in [-0.3, -0.25) is 9.59 Å². The number of thiophene rings is 1.